The van der Waals surface area contributed by atoms with Crippen LogP contribution >= 0.6 is 0 Å². The van der Waals surface area contributed by atoms with Crippen molar-refractivity contribution >= 4 is 17.9 Å². The van der Waals surface area contributed by atoms with Crippen molar-refractivity contribution in [3.05, 3.63) is 54.6 Å². The molecule has 2 aromatic carbocycles. The van der Waals surface area contributed by atoms with Gasteiger partial charge in [-0.25, -0.2) is 9.59 Å². The SMILES string of the molecule is CC(C)(C)OC(=O)N1CCC(COC(=O)Nc2ccccc2-c2ccccc2)C1. The monoisotopic (exact) mass is 396 g/mol. The Morgan fingerprint density at radius 3 is 2.48 bits per heavy atom. The molecule has 0 aliphatic carbocycles. The maximum atomic E-state index is 12.3. The van der Waals surface area contributed by atoms with Crippen molar-refractivity contribution in [3.63, 3.8) is 0 Å². The predicted molar refractivity (Wildman–Crippen MR) is 113 cm³/mol. The lowest BCUT2D eigenvalue weighted by Crippen LogP contribution is -2.35. The largest absolute Gasteiger partial charge is 0.449 e. The van der Waals surface area contributed by atoms with Crippen molar-refractivity contribution < 1.29 is 19.1 Å². The molecule has 0 radical (unpaired) electrons. The number of para-hydroxylation sites is 1. The third-order valence-electron chi connectivity index (χ3n) is 4.64. The van der Waals surface area contributed by atoms with E-state index in [0.717, 1.165) is 17.5 Å². The molecule has 1 heterocycles. The quantitative estimate of drug-likeness (QED) is 0.775. The van der Waals surface area contributed by atoms with Crippen LogP contribution in [0.25, 0.3) is 11.1 Å². The van der Waals surface area contributed by atoms with Gasteiger partial charge in [-0.15, -0.1) is 0 Å². The smallest absolute Gasteiger partial charge is 0.411 e. The number of nitrogens with one attached hydrogen (secondary N) is 1. The number of amides is 2. The number of carbonyl (C=O) groups excluding carboxylic acids is 2. The van der Waals surface area contributed by atoms with Gasteiger partial charge in [-0.1, -0.05) is 48.5 Å². The van der Waals surface area contributed by atoms with Crippen LogP contribution in [0.1, 0.15) is 27.2 Å². The van der Waals surface area contributed by atoms with Crippen LogP contribution < -0.4 is 5.32 Å². The van der Waals surface area contributed by atoms with E-state index in [9.17, 15) is 9.59 Å². The first-order valence-corrected chi connectivity index (χ1v) is 9.88. The van der Waals surface area contributed by atoms with Gasteiger partial charge in [-0.3, -0.25) is 5.32 Å². The van der Waals surface area contributed by atoms with Crippen molar-refractivity contribution in [3.8, 4) is 11.1 Å². The minimum absolute atomic E-state index is 0.109. The van der Waals surface area contributed by atoms with E-state index in [-0.39, 0.29) is 18.6 Å². The lowest BCUT2D eigenvalue weighted by atomic mass is 10.0. The lowest BCUT2D eigenvalue weighted by Gasteiger charge is -2.24. The van der Waals surface area contributed by atoms with Crippen LogP contribution in [0.15, 0.2) is 54.6 Å². The molecule has 1 aliphatic heterocycles. The van der Waals surface area contributed by atoms with Crippen molar-refractivity contribution in [2.24, 2.45) is 5.92 Å². The molecule has 1 fully saturated rings. The van der Waals surface area contributed by atoms with Crippen LogP contribution in [0.2, 0.25) is 0 Å². The van der Waals surface area contributed by atoms with E-state index in [1.54, 1.807) is 4.90 Å². The second kappa shape index (κ2) is 8.99. The molecule has 1 aliphatic rings. The van der Waals surface area contributed by atoms with E-state index < -0.39 is 11.7 Å². The number of benzene rings is 2. The van der Waals surface area contributed by atoms with Crippen molar-refractivity contribution in [2.45, 2.75) is 32.8 Å². The summed E-state index contributed by atoms with van der Waals surface area (Å²) in [6, 6.07) is 17.5. The van der Waals surface area contributed by atoms with Crippen LogP contribution in [0.3, 0.4) is 0 Å². The van der Waals surface area contributed by atoms with Gasteiger partial charge in [0.05, 0.1) is 12.3 Å². The predicted octanol–water partition coefficient (Wildman–Crippen LogP) is 5.16. The normalized spacial score (nSPS) is 16.4. The summed E-state index contributed by atoms with van der Waals surface area (Å²) < 4.78 is 10.8. The van der Waals surface area contributed by atoms with Gasteiger partial charge in [-0.2, -0.15) is 0 Å². The summed E-state index contributed by atoms with van der Waals surface area (Å²) in [7, 11) is 0. The number of hydrogen-bond donors (Lipinski definition) is 1. The third-order valence-corrected chi connectivity index (χ3v) is 4.64. The Morgan fingerprint density at radius 2 is 1.76 bits per heavy atom. The van der Waals surface area contributed by atoms with Crippen molar-refractivity contribution in [2.75, 3.05) is 25.0 Å². The van der Waals surface area contributed by atoms with Gasteiger partial charge >= 0.3 is 12.2 Å². The number of rotatable bonds is 4. The summed E-state index contributed by atoms with van der Waals surface area (Å²) in [5, 5.41) is 2.83. The van der Waals surface area contributed by atoms with E-state index in [4.69, 9.17) is 9.47 Å². The summed E-state index contributed by atoms with van der Waals surface area (Å²) in [4.78, 5) is 26.1. The Balaban J connectivity index is 1.51. The number of likely N-dealkylation sites (tertiary alicyclic amines) is 1. The average Bonchev–Trinajstić information content (AvgIpc) is 3.16. The second-order valence-electron chi connectivity index (χ2n) is 8.22. The summed E-state index contributed by atoms with van der Waals surface area (Å²) in [6.07, 6.45) is -0.0297. The average molecular weight is 396 g/mol. The molecule has 0 bridgehead atoms. The second-order valence-corrected chi connectivity index (χ2v) is 8.22. The molecular weight excluding hydrogens is 368 g/mol. The molecule has 0 saturated carbocycles. The molecule has 154 valence electrons. The van der Waals surface area contributed by atoms with Gasteiger partial charge in [0.25, 0.3) is 0 Å². The van der Waals surface area contributed by atoms with Crippen LogP contribution in [0.5, 0.6) is 0 Å². The highest BCUT2D eigenvalue weighted by molar-refractivity contribution is 5.91. The van der Waals surface area contributed by atoms with E-state index in [1.165, 1.54) is 0 Å². The molecule has 29 heavy (non-hydrogen) atoms. The Labute approximate surface area is 171 Å². The number of anilines is 1. The van der Waals surface area contributed by atoms with Crippen LogP contribution in [0, 0.1) is 5.92 Å². The zero-order chi connectivity index (χ0) is 20.9. The lowest BCUT2D eigenvalue weighted by molar-refractivity contribution is 0.0283. The fraction of sp³-hybridized carbons (Fsp3) is 0.391. The topological polar surface area (TPSA) is 67.9 Å². The van der Waals surface area contributed by atoms with Gasteiger partial charge < -0.3 is 14.4 Å². The van der Waals surface area contributed by atoms with Crippen LogP contribution in [-0.4, -0.2) is 42.4 Å². The van der Waals surface area contributed by atoms with Gasteiger partial charge in [0, 0.05) is 24.6 Å². The number of nitrogens with zero attached hydrogens (tertiary/aromatic N) is 1. The molecule has 0 aromatic heterocycles. The third kappa shape index (κ3) is 5.98. The van der Waals surface area contributed by atoms with Gasteiger partial charge in [0.1, 0.15) is 5.60 Å². The highest BCUT2D eigenvalue weighted by atomic mass is 16.6. The molecule has 1 N–H and O–H groups in total. The molecule has 6 heteroatoms. The molecule has 1 atom stereocenters. The van der Waals surface area contributed by atoms with Gasteiger partial charge in [0.2, 0.25) is 0 Å². The zero-order valence-corrected chi connectivity index (χ0v) is 17.2. The molecule has 6 nitrogen and oxygen atoms in total. The van der Waals surface area contributed by atoms with E-state index >= 15 is 0 Å². The fourth-order valence-corrected chi connectivity index (χ4v) is 3.26. The molecule has 1 unspecified atom stereocenters. The maximum absolute atomic E-state index is 12.3. The first-order valence-electron chi connectivity index (χ1n) is 9.88. The fourth-order valence-electron chi connectivity index (χ4n) is 3.26. The summed E-state index contributed by atoms with van der Waals surface area (Å²) in [6.45, 7) is 6.94. The minimum atomic E-state index is -0.516. The molecule has 2 amide bonds. The molecule has 1 saturated heterocycles. The van der Waals surface area contributed by atoms with Gasteiger partial charge in [0.15, 0.2) is 0 Å². The van der Waals surface area contributed by atoms with E-state index in [1.807, 2.05) is 75.4 Å². The van der Waals surface area contributed by atoms with Crippen molar-refractivity contribution in [1.29, 1.82) is 0 Å². The summed E-state index contributed by atoms with van der Waals surface area (Å²) in [5.41, 5.74) is 2.14. The highest BCUT2D eigenvalue weighted by Gasteiger charge is 2.30. The summed E-state index contributed by atoms with van der Waals surface area (Å²) in [5.74, 6) is 0.109. The summed E-state index contributed by atoms with van der Waals surface area (Å²) >= 11 is 0. The molecule has 0 spiro atoms. The first-order chi connectivity index (χ1) is 13.8. The highest BCUT2D eigenvalue weighted by Crippen LogP contribution is 2.27. The van der Waals surface area contributed by atoms with E-state index in [0.29, 0.717) is 18.8 Å². The van der Waals surface area contributed by atoms with Crippen molar-refractivity contribution in [1.82, 2.24) is 4.90 Å². The zero-order valence-electron chi connectivity index (χ0n) is 17.2. The molecular formula is C23H28N2O4. The van der Waals surface area contributed by atoms with Gasteiger partial charge in [-0.05, 0) is 38.8 Å². The maximum Gasteiger partial charge on any atom is 0.411 e. The minimum Gasteiger partial charge on any atom is -0.449 e. The Hall–Kier alpha value is -3.02. The number of carbonyl (C=O) groups is 2. The van der Waals surface area contributed by atoms with Crippen LogP contribution in [-0.2, 0) is 9.47 Å². The standard InChI is InChI=1S/C23H28N2O4/c1-23(2,3)29-22(27)25-14-13-17(15-25)16-28-21(26)24-20-12-8-7-11-19(20)18-9-5-4-6-10-18/h4-12,17H,13-16H2,1-3H3,(H,24,26). The Kier molecular flexibility index (Phi) is 6.42. The molecule has 3 rings (SSSR count). The van der Waals surface area contributed by atoms with E-state index in [2.05, 4.69) is 5.32 Å². The Bertz CT molecular complexity index is 845. The first kappa shape index (κ1) is 20.7. The number of hydrogen-bond acceptors (Lipinski definition) is 4. The number of ether oxygens (including phenoxy) is 2. The van der Waals surface area contributed by atoms with Crippen LogP contribution in [0.4, 0.5) is 15.3 Å². The Morgan fingerprint density at radius 1 is 1.07 bits per heavy atom. The molecule has 2 aromatic rings.